The number of ether oxygens (including phenoxy) is 3. The summed E-state index contributed by atoms with van der Waals surface area (Å²) in [7, 11) is 2.91. The summed E-state index contributed by atoms with van der Waals surface area (Å²) in [6.45, 7) is 1.67. The molecule has 0 aliphatic heterocycles. The van der Waals surface area contributed by atoms with Gasteiger partial charge in [0.05, 0.1) is 12.8 Å². The van der Waals surface area contributed by atoms with Crippen LogP contribution >= 0.6 is 0 Å². The molecule has 2 rings (SSSR count). The summed E-state index contributed by atoms with van der Waals surface area (Å²) in [5.41, 5.74) is 2.04. The number of carbonyl (C=O) groups is 2. The van der Waals surface area contributed by atoms with Crippen LogP contribution in [0.4, 0.5) is 5.69 Å². The van der Waals surface area contributed by atoms with Crippen molar-refractivity contribution in [2.24, 2.45) is 0 Å². The zero-order valence-corrected chi connectivity index (χ0v) is 14.4. The molecule has 0 aromatic heterocycles. The summed E-state index contributed by atoms with van der Waals surface area (Å²) in [6.07, 6.45) is -1.09. The highest BCUT2D eigenvalue weighted by Gasteiger charge is 2.25. The SMILES string of the molecule is COCC(=O)O[C@H](C(=O)Nc1cc(C)ccc1OC)c1ccccc1. The number of anilines is 1. The summed E-state index contributed by atoms with van der Waals surface area (Å²) < 4.78 is 15.3. The van der Waals surface area contributed by atoms with Crippen molar-refractivity contribution < 1.29 is 23.8 Å². The van der Waals surface area contributed by atoms with Gasteiger partial charge in [0.1, 0.15) is 12.4 Å². The minimum absolute atomic E-state index is 0.232. The molecule has 0 saturated heterocycles. The van der Waals surface area contributed by atoms with Gasteiger partial charge < -0.3 is 19.5 Å². The van der Waals surface area contributed by atoms with Gasteiger partial charge in [0, 0.05) is 12.7 Å². The number of benzene rings is 2. The Morgan fingerprint density at radius 1 is 1.08 bits per heavy atom. The summed E-state index contributed by atoms with van der Waals surface area (Å²) in [4.78, 5) is 24.6. The fourth-order valence-corrected chi connectivity index (χ4v) is 2.30. The van der Waals surface area contributed by atoms with Crippen molar-refractivity contribution in [3.8, 4) is 5.75 Å². The Labute approximate surface area is 146 Å². The maximum Gasteiger partial charge on any atom is 0.333 e. The Balaban J connectivity index is 2.26. The number of carbonyl (C=O) groups excluding carboxylic acids is 2. The third-order valence-electron chi connectivity index (χ3n) is 3.46. The molecule has 6 nitrogen and oxygen atoms in total. The van der Waals surface area contributed by atoms with Crippen molar-refractivity contribution in [1.29, 1.82) is 0 Å². The molecule has 0 radical (unpaired) electrons. The van der Waals surface area contributed by atoms with E-state index in [9.17, 15) is 9.59 Å². The molecule has 0 heterocycles. The maximum absolute atomic E-state index is 12.7. The third-order valence-corrected chi connectivity index (χ3v) is 3.46. The number of amides is 1. The number of aryl methyl sites for hydroxylation is 1. The number of nitrogens with one attached hydrogen (secondary N) is 1. The lowest BCUT2D eigenvalue weighted by atomic mass is 10.1. The van der Waals surface area contributed by atoms with Crippen LogP contribution in [0.1, 0.15) is 17.2 Å². The molecule has 0 aliphatic carbocycles. The van der Waals surface area contributed by atoms with Crippen LogP contribution < -0.4 is 10.1 Å². The van der Waals surface area contributed by atoms with E-state index < -0.39 is 18.0 Å². The fraction of sp³-hybridized carbons (Fsp3) is 0.263. The van der Waals surface area contributed by atoms with Crippen LogP contribution in [0.2, 0.25) is 0 Å². The van der Waals surface area contributed by atoms with Crippen molar-refractivity contribution in [1.82, 2.24) is 0 Å². The van der Waals surface area contributed by atoms with Crippen LogP contribution in [0, 0.1) is 6.92 Å². The summed E-state index contributed by atoms with van der Waals surface area (Å²) in [6, 6.07) is 14.2. The van der Waals surface area contributed by atoms with Gasteiger partial charge in [-0.15, -0.1) is 0 Å². The quantitative estimate of drug-likeness (QED) is 0.783. The normalized spacial score (nSPS) is 11.5. The van der Waals surface area contributed by atoms with Gasteiger partial charge in [-0.05, 0) is 24.6 Å². The van der Waals surface area contributed by atoms with E-state index in [0.29, 0.717) is 17.0 Å². The average molecular weight is 343 g/mol. The van der Waals surface area contributed by atoms with Crippen LogP contribution in [0.15, 0.2) is 48.5 Å². The molecule has 6 heteroatoms. The molecule has 0 bridgehead atoms. The predicted octanol–water partition coefficient (Wildman–Crippen LogP) is 2.87. The molecule has 0 aliphatic rings. The standard InChI is InChI=1S/C19H21NO5/c1-13-9-10-16(24-3)15(11-13)20-19(22)18(25-17(21)12-23-2)14-7-5-4-6-8-14/h4-11,18H,12H2,1-3H3,(H,20,22)/t18-/m0/s1. The molecule has 0 saturated carbocycles. The molecule has 0 unspecified atom stereocenters. The van der Waals surface area contributed by atoms with E-state index in [1.54, 1.807) is 36.4 Å². The lowest BCUT2D eigenvalue weighted by Gasteiger charge is -2.19. The number of hydrogen-bond donors (Lipinski definition) is 1. The van der Waals surface area contributed by atoms with Gasteiger partial charge in [-0.3, -0.25) is 4.79 Å². The molecule has 2 aromatic rings. The van der Waals surface area contributed by atoms with Crippen LogP contribution in [-0.2, 0) is 19.1 Å². The predicted molar refractivity (Wildman–Crippen MR) is 93.5 cm³/mol. The Morgan fingerprint density at radius 2 is 1.80 bits per heavy atom. The molecular formula is C19H21NO5. The third kappa shape index (κ3) is 5.06. The number of hydrogen-bond acceptors (Lipinski definition) is 5. The minimum Gasteiger partial charge on any atom is -0.495 e. The fourth-order valence-electron chi connectivity index (χ4n) is 2.30. The van der Waals surface area contributed by atoms with Crippen molar-refractivity contribution in [3.63, 3.8) is 0 Å². The number of rotatable bonds is 7. The molecule has 0 fully saturated rings. The highest BCUT2D eigenvalue weighted by molar-refractivity contribution is 5.97. The molecule has 1 N–H and O–H groups in total. The van der Waals surface area contributed by atoms with Crippen LogP contribution in [-0.4, -0.2) is 32.7 Å². The second-order valence-electron chi connectivity index (χ2n) is 5.41. The van der Waals surface area contributed by atoms with Crippen LogP contribution in [0.3, 0.4) is 0 Å². The van der Waals surface area contributed by atoms with Gasteiger partial charge in [0.15, 0.2) is 0 Å². The Kier molecular flexibility index (Phi) is 6.54. The van der Waals surface area contributed by atoms with Crippen molar-refractivity contribution in [2.45, 2.75) is 13.0 Å². The van der Waals surface area contributed by atoms with E-state index in [-0.39, 0.29) is 6.61 Å². The van der Waals surface area contributed by atoms with E-state index >= 15 is 0 Å². The van der Waals surface area contributed by atoms with Crippen LogP contribution in [0.25, 0.3) is 0 Å². The van der Waals surface area contributed by atoms with Crippen LogP contribution in [0.5, 0.6) is 5.75 Å². The molecule has 1 amide bonds. The number of methoxy groups -OCH3 is 2. The summed E-state index contributed by atoms with van der Waals surface area (Å²) in [5, 5.41) is 2.77. The Hall–Kier alpha value is -2.86. The van der Waals surface area contributed by atoms with Crippen molar-refractivity contribution in [2.75, 3.05) is 26.1 Å². The van der Waals surface area contributed by atoms with Gasteiger partial charge >= 0.3 is 5.97 Å². The Bertz CT molecular complexity index is 730. The van der Waals surface area contributed by atoms with Gasteiger partial charge in [-0.2, -0.15) is 0 Å². The zero-order valence-electron chi connectivity index (χ0n) is 14.4. The lowest BCUT2D eigenvalue weighted by molar-refractivity contribution is -0.158. The summed E-state index contributed by atoms with van der Waals surface area (Å²) in [5.74, 6) is -0.573. The van der Waals surface area contributed by atoms with Gasteiger partial charge in [0.25, 0.3) is 5.91 Å². The molecular weight excluding hydrogens is 322 g/mol. The first kappa shape index (κ1) is 18.5. The van der Waals surface area contributed by atoms with E-state index in [0.717, 1.165) is 5.56 Å². The van der Waals surface area contributed by atoms with Crippen molar-refractivity contribution in [3.05, 3.63) is 59.7 Å². The minimum atomic E-state index is -1.09. The molecule has 25 heavy (non-hydrogen) atoms. The highest BCUT2D eigenvalue weighted by atomic mass is 16.6. The van der Waals surface area contributed by atoms with Gasteiger partial charge in [-0.1, -0.05) is 36.4 Å². The molecule has 2 aromatic carbocycles. The first-order valence-electron chi connectivity index (χ1n) is 7.74. The zero-order chi connectivity index (χ0) is 18.2. The largest absolute Gasteiger partial charge is 0.495 e. The molecule has 1 atom stereocenters. The second kappa shape index (κ2) is 8.84. The second-order valence-corrected chi connectivity index (χ2v) is 5.41. The smallest absolute Gasteiger partial charge is 0.333 e. The Morgan fingerprint density at radius 3 is 2.44 bits per heavy atom. The van der Waals surface area contributed by atoms with E-state index in [2.05, 4.69) is 5.32 Å². The van der Waals surface area contributed by atoms with E-state index in [1.165, 1.54) is 14.2 Å². The monoisotopic (exact) mass is 343 g/mol. The van der Waals surface area contributed by atoms with Crippen molar-refractivity contribution >= 4 is 17.6 Å². The van der Waals surface area contributed by atoms with E-state index in [1.807, 2.05) is 19.1 Å². The van der Waals surface area contributed by atoms with Gasteiger partial charge in [0.2, 0.25) is 6.10 Å². The molecule has 132 valence electrons. The maximum atomic E-state index is 12.7. The van der Waals surface area contributed by atoms with E-state index in [4.69, 9.17) is 14.2 Å². The van der Waals surface area contributed by atoms with Gasteiger partial charge in [-0.25, -0.2) is 4.79 Å². The first-order chi connectivity index (χ1) is 12.0. The first-order valence-corrected chi connectivity index (χ1v) is 7.74. The topological polar surface area (TPSA) is 73.9 Å². The summed E-state index contributed by atoms with van der Waals surface area (Å²) >= 11 is 0. The number of esters is 1. The average Bonchev–Trinajstić information content (AvgIpc) is 2.61. The lowest BCUT2D eigenvalue weighted by Crippen LogP contribution is -2.27. The highest BCUT2D eigenvalue weighted by Crippen LogP contribution is 2.27. The molecule has 0 spiro atoms.